The quantitative estimate of drug-likeness (QED) is 0.447. The van der Waals surface area contributed by atoms with Crippen LogP contribution in [0.5, 0.6) is 0 Å². The molecule has 4 heteroatoms. The first-order valence-corrected chi connectivity index (χ1v) is 8.14. The summed E-state index contributed by atoms with van der Waals surface area (Å²) in [6.07, 6.45) is 3.66. The van der Waals surface area contributed by atoms with Crippen LogP contribution in [0.3, 0.4) is 0 Å². The number of nitrogens with two attached hydrogens (primary N) is 1. The fourth-order valence-corrected chi connectivity index (χ4v) is 2.98. The van der Waals surface area contributed by atoms with Crippen molar-refractivity contribution in [3.63, 3.8) is 0 Å². The maximum atomic E-state index is 5.93. The second kappa shape index (κ2) is 7.87. The zero-order chi connectivity index (χ0) is 15.2. The maximum absolute atomic E-state index is 5.93. The third kappa shape index (κ3) is 5.70. The van der Waals surface area contributed by atoms with Gasteiger partial charge in [0, 0.05) is 25.2 Å². The van der Waals surface area contributed by atoms with Gasteiger partial charge in [-0.25, -0.2) is 0 Å². The minimum Gasteiger partial charge on any atom is -0.370 e. The Morgan fingerprint density at radius 1 is 1.30 bits per heavy atom. The van der Waals surface area contributed by atoms with Gasteiger partial charge in [0.1, 0.15) is 0 Å². The van der Waals surface area contributed by atoms with Crippen molar-refractivity contribution in [3.05, 3.63) is 0 Å². The predicted octanol–water partition coefficient (Wildman–Crippen LogP) is 2.45. The smallest absolute Gasteiger partial charge is 0.188 e. The van der Waals surface area contributed by atoms with Gasteiger partial charge in [0.2, 0.25) is 0 Å². The summed E-state index contributed by atoms with van der Waals surface area (Å²) >= 11 is 0. The predicted molar refractivity (Wildman–Crippen MR) is 88.0 cm³/mol. The molecule has 1 aliphatic rings. The van der Waals surface area contributed by atoms with Crippen LogP contribution in [0.15, 0.2) is 4.99 Å². The highest BCUT2D eigenvalue weighted by atomic mass is 15.2. The lowest BCUT2D eigenvalue weighted by molar-refractivity contribution is 0.0513. The minimum absolute atomic E-state index is 0.0833. The van der Waals surface area contributed by atoms with Gasteiger partial charge in [-0.3, -0.25) is 9.89 Å². The second-order valence-corrected chi connectivity index (χ2v) is 7.15. The third-order valence-corrected chi connectivity index (χ3v) is 4.20. The molecule has 1 aliphatic heterocycles. The molecule has 1 heterocycles. The van der Waals surface area contributed by atoms with Gasteiger partial charge in [-0.15, -0.1) is 0 Å². The summed E-state index contributed by atoms with van der Waals surface area (Å²) < 4.78 is 0. The first-order valence-electron chi connectivity index (χ1n) is 8.14. The Morgan fingerprint density at radius 2 is 1.90 bits per heavy atom. The van der Waals surface area contributed by atoms with E-state index in [0.717, 1.165) is 31.3 Å². The zero-order valence-corrected chi connectivity index (χ0v) is 14.1. The average Bonchev–Trinajstić information content (AvgIpc) is 2.36. The maximum Gasteiger partial charge on any atom is 0.188 e. The molecule has 1 fully saturated rings. The van der Waals surface area contributed by atoms with Gasteiger partial charge >= 0.3 is 0 Å². The van der Waals surface area contributed by atoms with Gasteiger partial charge in [-0.05, 0) is 38.5 Å². The van der Waals surface area contributed by atoms with E-state index >= 15 is 0 Å². The van der Waals surface area contributed by atoms with E-state index in [4.69, 9.17) is 5.73 Å². The Labute approximate surface area is 125 Å². The van der Waals surface area contributed by atoms with Gasteiger partial charge in [-0.2, -0.15) is 0 Å². The first kappa shape index (κ1) is 17.3. The SMILES string of the molecule is CCCCNC(N)=NCC(C)(C)N1CC(C)CC(C)C1. The minimum atomic E-state index is 0.0833. The molecule has 4 nitrogen and oxygen atoms in total. The Morgan fingerprint density at radius 3 is 2.45 bits per heavy atom. The fraction of sp³-hybridized carbons (Fsp3) is 0.938. The van der Waals surface area contributed by atoms with Crippen molar-refractivity contribution >= 4 is 5.96 Å². The van der Waals surface area contributed by atoms with E-state index in [0.29, 0.717) is 5.96 Å². The van der Waals surface area contributed by atoms with Crippen LogP contribution in [-0.2, 0) is 0 Å². The number of hydrogen-bond donors (Lipinski definition) is 2. The number of piperidine rings is 1. The molecule has 1 rings (SSSR count). The van der Waals surface area contributed by atoms with Gasteiger partial charge < -0.3 is 11.1 Å². The molecule has 20 heavy (non-hydrogen) atoms. The van der Waals surface area contributed by atoms with E-state index < -0.39 is 0 Å². The molecule has 1 saturated heterocycles. The number of aliphatic imine (C=N–C) groups is 1. The van der Waals surface area contributed by atoms with Crippen molar-refractivity contribution in [2.24, 2.45) is 22.6 Å². The molecular weight excluding hydrogens is 248 g/mol. The van der Waals surface area contributed by atoms with E-state index in [-0.39, 0.29) is 5.54 Å². The number of rotatable bonds is 6. The number of nitrogens with one attached hydrogen (secondary N) is 1. The molecule has 118 valence electrons. The van der Waals surface area contributed by atoms with Crippen LogP contribution in [0.25, 0.3) is 0 Å². The standard InChI is InChI=1S/C16H34N4/c1-6-7-8-18-15(17)19-12-16(4,5)20-10-13(2)9-14(3)11-20/h13-14H,6-12H2,1-5H3,(H3,17,18,19). The molecule has 0 aliphatic carbocycles. The number of guanidine groups is 1. The van der Waals surface area contributed by atoms with Crippen molar-refractivity contribution < 1.29 is 0 Å². The van der Waals surface area contributed by atoms with Gasteiger partial charge in [0.15, 0.2) is 5.96 Å². The summed E-state index contributed by atoms with van der Waals surface area (Å²) in [5.74, 6) is 2.15. The van der Waals surface area contributed by atoms with Crippen molar-refractivity contribution in [3.8, 4) is 0 Å². The number of unbranched alkanes of at least 4 members (excludes halogenated alkanes) is 1. The average molecular weight is 282 g/mol. The molecule has 0 aromatic rings. The molecule has 2 atom stereocenters. The zero-order valence-electron chi connectivity index (χ0n) is 14.1. The van der Waals surface area contributed by atoms with Gasteiger partial charge in [-0.1, -0.05) is 27.2 Å². The number of likely N-dealkylation sites (tertiary alicyclic amines) is 1. The molecule has 0 radical (unpaired) electrons. The first-order chi connectivity index (χ1) is 9.35. The van der Waals surface area contributed by atoms with Crippen LogP contribution in [0.2, 0.25) is 0 Å². The van der Waals surface area contributed by atoms with Crippen LogP contribution in [0, 0.1) is 11.8 Å². The molecular formula is C16H34N4. The van der Waals surface area contributed by atoms with Crippen molar-refractivity contribution in [2.75, 3.05) is 26.2 Å². The summed E-state index contributed by atoms with van der Waals surface area (Å²) in [4.78, 5) is 7.11. The molecule has 0 amide bonds. The lowest BCUT2D eigenvalue weighted by atomic mass is 9.88. The topological polar surface area (TPSA) is 53.6 Å². The molecule has 0 aromatic carbocycles. The molecule has 0 spiro atoms. The largest absolute Gasteiger partial charge is 0.370 e. The fourth-order valence-electron chi connectivity index (χ4n) is 2.98. The van der Waals surface area contributed by atoms with Crippen LogP contribution >= 0.6 is 0 Å². The normalized spacial score (nSPS) is 25.8. The van der Waals surface area contributed by atoms with E-state index in [2.05, 4.69) is 49.8 Å². The van der Waals surface area contributed by atoms with Crippen LogP contribution < -0.4 is 11.1 Å². The second-order valence-electron chi connectivity index (χ2n) is 7.15. The van der Waals surface area contributed by atoms with Crippen molar-refractivity contribution in [1.29, 1.82) is 0 Å². The number of nitrogens with zero attached hydrogens (tertiary/aromatic N) is 2. The summed E-state index contributed by atoms with van der Waals surface area (Å²) in [5, 5.41) is 3.19. The lowest BCUT2D eigenvalue weighted by Gasteiger charge is -2.44. The lowest BCUT2D eigenvalue weighted by Crippen LogP contribution is -2.53. The Hall–Kier alpha value is -0.770. The molecule has 2 unspecified atom stereocenters. The Kier molecular flexibility index (Phi) is 6.80. The van der Waals surface area contributed by atoms with E-state index in [1.54, 1.807) is 0 Å². The molecule has 0 saturated carbocycles. The summed E-state index contributed by atoms with van der Waals surface area (Å²) in [6.45, 7) is 15.5. The third-order valence-electron chi connectivity index (χ3n) is 4.20. The molecule has 3 N–H and O–H groups in total. The summed E-state index contributed by atoms with van der Waals surface area (Å²) in [7, 11) is 0. The van der Waals surface area contributed by atoms with E-state index in [1.165, 1.54) is 25.9 Å². The van der Waals surface area contributed by atoms with E-state index in [1.807, 2.05) is 0 Å². The van der Waals surface area contributed by atoms with E-state index in [9.17, 15) is 0 Å². The van der Waals surface area contributed by atoms with Crippen LogP contribution in [0.1, 0.15) is 53.9 Å². The monoisotopic (exact) mass is 282 g/mol. The molecule has 0 bridgehead atoms. The highest BCUT2D eigenvalue weighted by Gasteiger charge is 2.32. The van der Waals surface area contributed by atoms with Gasteiger partial charge in [0.05, 0.1) is 6.54 Å². The molecule has 0 aromatic heterocycles. The summed E-state index contributed by atoms with van der Waals surface area (Å²) in [5.41, 5.74) is 6.01. The van der Waals surface area contributed by atoms with Crippen molar-refractivity contribution in [2.45, 2.75) is 59.4 Å². The van der Waals surface area contributed by atoms with Crippen molar-refractivity contribution in [1.82, 2.24) is 10.2 Å². The van der Waals surface area contributed by atoms with Crippen LogP contribution in [-0.4, -0.2) is 42.6 Å². The van der Waals surface area contributed by atoms with Gasteiger partial charge in [0.25, 0.3) is 0 Å². The highest BCUT2D eigenvalue weighted by molar-refractivity contribution is 5.77. The number of hydrogen-bond acceptors (Lipinski definition) is 2. The van der Waals surface area contributed by atoms with Crippen LogP contribution in [0.4, 0.5) is 0 Å². The Bertz CT molecular complexity index is 302. The highest BCUT2D eigenvalue weighted by Crippen LogP contribution is 2.27. The Balaban J connectivity index is 2.49. The summed E-state index contributed by atoms with van der Waals surface area (Å²) in [6, 6.07) is 0.